The van der Waals surface area contributed by atoms with E-state index in [0.717, 1.165) is 0 Å². The summed E-state index contributed by atoms with van der Waals surface area (Å²) in [5, 5.41) is 9.41. The Balaban J connectivity index is 2.12. The van der Waals surface area contributed by atoms with Crippen molar-refractivity contribution < 1.29 is 18.3 Å². The van der Waals surface area contributed by atoms with Gasteiger partial charge in [-0.2, -0.15) is 4.31 Å². The first-order valence-electron chi connectivity index (χ1n) is 7.57. The van der Waals surface area contributed by atoms with Gasteiger partial charge in [-0.3, -0.25) is 4.90 Å². The monoisotopic (exact) mass is 328 g/mol. The summed E-state index contributed by atoms with van der Waals surface area (Å²) in [5.74, 6) is 0.399. The first-order chi connectivity index (χ1) is 10.4. The quantitative estimate of drug-likeness (QED) is 0.835. The average molecular weight is 328 g/mol. The number of para-hydroxylation sites is 1. The topological polar surface area (TPSA) is 70.1 Å². The molecule has 1 N–H and O–H groups in total. The van der Waals surface area contributed by atoms with Gasteiger partial charge in [-0.25, -0.2) is 8.42 Å². The van der Waals surface area contributed by atoms with E-state index in [-0.39, 0.29) is 4.90 Å². The summed E-state index contributed by atoms with van der Waals surface area (Å²) in [6.07, 6.45) is -0.401. The second-order valence-corrected chi connectivity index (χ2v) is 7.34. The summed E-state index contributed by atoms with van der Waals surface area (Å²) in [6.45, 7) is 6.67. The predicted molar refractivity (Wildman–Crippen MR) is 84.5 cm³/mol. The van der Waals surface area contributed by atoms with Gasteiger partial charge in [0.15, 0.2) is 0 Å². The van der Waals surface area contributed by atoms with Crippen LogP contribution in [0.1, 0.15) is 13.8 Å². The highest BCUT2D eigenvalue weighted by Crippen LogP contribution is 2.27. The standard InChI is InChI=1S/C15H24N2O4S/c1-3-21-14-6-4-5-7-15(14)22(19,20)17-10-8-16(9-11-17)12-13(2)18/h4-7,13,18H,3,8-12H2,1-2H3/t13-/m1/s1. The molecule has 7 heteroatoms. The summed E-state index contributed by atoms with van der Waals surface area (Å²) in [7, 11) is -3.55. The molecule has 0 aromatic heterocycles. The maximum atomic E-state index is 12.8. The second-order valence-electron chi connectivity index (χ2n) is 5.43. The normalized spacial score (nSPS) is 19.0. The molecule has 0 amide bonds. The van der Waals surface area contributed by atoms with Gasteiger partial charge in [0, 0.05) is 32.7 Å². The van der Waals surface area contributed by atoms with Gasteiger partial charge in [0.1, 0.15) is 10.6 Å². The van der Waals surface area contributed by atoms with Crippen molar-refractivity contribution >= 4 is 10.0 Å². The molecule has 0 bridgehead atoms. The van der Waals surface area contributed by atoms with Crippen LogP contribution in [0.25, 0.3) is 0 Å². The number of aliphatic hydroxyl groups is 1. The van der Waals surface area contributed by atoms with Crippen LogP contribution in [0.3, 0.4) is 0 Å². The lowest BCUT2D eigenvalue weighted by Crippen LogP contribution is -2.50. The summed E-state index contributed by atoms with van der Waals surface area (Å²) in [4.78, 5) is 2.30. The van der Waals surface area contributed by atoms with Crippen LogP contribution < -0.4 is 4.74 Å². The lowest BCUT2D eigenvalue weighted by atomic mass is 10.3. The smallest absolute Gasteiger partial charge is 0.246 e. The zero-order valence-corrected chi connectivity index (χ0v) is 13.9. The molecule has 0 radical (unpaired) electrons. The van der Waals surface area contributed by atoms with Crippen LogP contribution in [0.15, 0.2) is 29.2 Å². The average Bonchev–Trinajstić information content (AvgIpc) is 2.48. The van der Waals surface area contributed by atoms with E-state index in [4.69, 9.17) is 4.74 Å². The molecule has 0 unspecified atom stereocenters. The first-order valence-corrected chi connectivity index (χ1v) is 9.01. The minimum absolute atomic E-state index is 0.223. The number of sulfonamides is 1. The molecular weight excluding hydrogens is 304 g/mol. The number of rotatable bonds is 6. The van der Waals surface area contributed by atoms with E-state index in [1.807, 2.05) is 6.92 Å². The molecule has 0 saturated carbocycles. The predicted octanol–water partition coefficient (Wildman–Crippen LogP) is 0.772. The van der Waals surface area contributed by atoms with Crippen LogP contribution in [0.2, 0.25) is 0 Å². The molecular formula is C15H24N2O4S. The number of aliphatic hydroxyl groups excluding tert-OH is 1. The molecule has 1 fully saturated rings. The van der Waals surface area contributed by atoms with Crippen LogP contribution >= 0.6 is 0 Å². The molecule has 1 saturated heterocycles. The van der Waals surface area contributed by atoms with E-state index in [9.17, 15) is 13.5 Å². The van der Waals surface area contributed by atoms with E-state index in [1.54, 1.807) is 31.2 Å². The van der Waals surface area contributed by atoms with Crippen molar-refractivity contribution in [2.45, 2.75) is 24.8 Å². The molecule has 1 aromatic rings. The molecule has 1 atom stereocenters. The summed E-state index contributed by atoms with van der Waals surface area (Å²) < 4.78 is 32.5. The molecule has 0 aliphatic carbocycles. The third-order valence-corrected chi connectivity index (χ3v) is 5.56. The third kappa shape index (κ3) is 3.98. The van der Waals surface area contributed by atoms with Crippen LogP contribution in [0, 0.1) is 0 Å². The van der Waals surface area contributed by atoms with Crippen molar-refractivity contribution in [3.05, 3.63) is 24.3 Å². The van der Waals surface area contributed by atoms with Crippen molar-refractivity contribution in [3.8, 4) is 5.75 Å². The SMILES string of the molecule is CCOc1ccccc1S(=O)(=O)N1CCN(C[C@@H](C)O)CC1. The van der Waals surface area contributed by atoms with Crippen molar-refractivity contribution in [1.29, 1.82) is 0 Å². The minimum atomic E-state index is -3.55. The molecule has 124 valence electrons. The Labute approximate surface area is 132 Å². The fraction of sp³-hybridized carbons (Fsp3) is 0.600. The molecule has 1 aromatic carbocycles. The fourth-order valence-corrected chi connectivity index (χ4v) is 4.16. The maximum absolute atomic E-state index is 12.8. The number of piperazine rings is 1. The highest BCUT2D eigenvalue weighted by atomic mass is 32.2. The number of ether oxygens (including phenoxy) is 1. The molecule has 6 nitrogen and oxygen atoms in total. The minimum Gasteiger partial charge on any atom is -0.492 e. The highest BCUT2D eigenvalue weighted by Gasteiger charge is 2.30. The van der Waals surface area contributed by atoms with E-state index in [1.165, 1.54) is 4.31 Å². The third-order valence-electron chi connectivity index (χ3n) is 3.62. The van der Waals surface area contributed by atoms with Crippen LogP contribution in [0.5, 0.6) is 5.75 Å². The van der Waals surface area contributed by atoms with Crippen LogP contribution in [-0.4, -0.2) is 68.2 Å². The maximum Gasteiger partial charge on any atom is 0.246 e. The van der Waals surface area contributed by atoms with E-state index >= 15 is 0 Å². The van der Waals surface area contributed by atoms with Gasteiger partial charge in [-0.1, -0.05) is 12.1 Å². The molecule has 1 aliphatic heterocycles. The van der Waals surface area contributed by atoms with Crippen LogP contribution in [-0.2, 0) is 10.0 Å². The second kappa shape index (κ2) is 7.41. The van der Waals surface area contributed by atoms with Gasteiger partial charge in [0.25, 0.3) is 0 Å². The van der Waals surface area contributed by atoms with Crippen molar-refractivity contribution in [1.82, 2.24) is 9.21 Å². The van der Waals surface area contributed by atoms with Gasteiger partial charge < -0.3 is 9.84 Å². The van der Waals surface area contributed by atoms with E-state index < -0.39 is 16.1 Å². The molecule has 1 aliphatic rings. The Morgan fingerprint density at radius 1 is 1.23 bits per heavy atom. The zero-order chi connectivity index (χ0) is 16.2. The van der Waals surface area contributed by atoms with E-state index in [0.29, 0.717) is 45.1 Å². The number of β-amino-alcohol motifs (C(OH)–C–C–N with tert-alkyl or cyclic N) is 1. The Morgan fingerprint density at radius 2 is 1.86 bits per heavy atom. The zero-order valence-electron chi connectivity index (χ0n) is 13.1. The Hall–Kier alpha value is -1.15. The molecule has 0 spiro atoms. The van der Waals surface area contributed by atoms with Gasteiger partial charge in [0.2, 0.25) is 10.0 Å². The van der Waals surface area contributed by atoms with Gasteiger partial charge >= 0.3 is 0 Å². The molecule has 1 heterocycles. The largest absolute Gasteiger partial charge is 0.492 e. The van der Waals surface area contributed by atoms with Gasteiger partial charge in [-0.15, -0.1) is 0 Å². The number of hydrogen-bond acceptors (Lipinski definition) is 5. The Kier molecular flexibility index (Phi) is 5.80. The summed E-state index contributed by atoms with van der Waals surface area (Å²) in [6, 6.07) is 6.74. The van der Waals surface area contributed by atoms with Crippen molar-refractivity contribution in [2.24, 2.45) is 0 Å². The number of hydrogen-bond donors (Lipinski definition) is 1. The number of nitrogens with zero attached hydrogens (tertiary/aromatic N) is 2. The lowest BCUT2D eigenvalue weighted by molar-refractivity contribution is 0.103. The Bertz CT molecular complexity index is 581. The van der Waals surface area contributed by atoms with Gasteiger partial charge in [0.05, 0.1) is 12.7 Å². The van der Waals surface area contributed by atoms with Crippen molar-refractivity contribution in [2.75, 3.05) is 39.3 Å². The number of benzene rings is 1. The fourth-order valence-electron chi connectivity index (χ4n) is 2.60. The highest BCUT2D eigenvalue weighted by molar-refractivity contribution is 7.89. The van der Waals surface area contributed by atoms with E-state index in [2.05, 4.69) is 4.90 Å². The Morgan fingerprint density at radius 3 is 2.45 bits per heavy atom. The summed E-state index contributed by atoms with van der Waals surface area (Å²) >= 11 is 0. The summed E-state index contributed by atoms with van der Waals surface area (Å²) in [5.41, 5.74) is 0. The molecule has 2 rings (SSSR count). The van der Waals surface area contributed by atoms with Crippen molar-refractivity contribution in [3.63, 3.8) is 0 Å². The first kappa shape index (κ1) is 17.2. The lowest BCUT2D eigenvalue weighted by Gasteiger charge is -2.34. The van der Waals surface area contributed by atoms with Gasteiger partial charge in [-0.05, 0) is 26.0 Å². The van der Waals surface area contributed by atoms with Crippen LogP contribution in [0.4, 0.5) is 0 Å². The molecule has 22 heavy (non-hydrogen) atoms.